The van der Waals surface area contributed by atoms with Gasteiger partial charge in [-0.05, 0) is 69.2 Å². The average molecular weight is 443 g/mol. The lowest BCUT2D eigenvalue weighted by Crippen LogP contribution is -2.33. The van der Waals surface area contributed by atoms with Gasteiger partial charge in [0.05, 0.1) is 30.4 Å². The van der Waals surface area contributed by atoms with Gasteiger partial charge >= 0.3 is 6.09 Å². The number of benzene rings is 2. The van der Waals surface area contributed by atoms with E-state index in [0.29, 0.717) is 35.4 Å². The fourth-order valence-electron chi connectivity index (χ4n) is 3.41. The molecule has 0 saturated carbocycles. The molecule has 0 aliphatic heterocycles. The van der Waals surface area contributed by atoms with Crippen molar-refractivity contribution in [2.75, 3.05) is 13.7 Å². The molecule has 7 nitrogen and oxygen atoms in total. The van der Waals surface area contributed by atoms with Crippen molar-refractivity contribution >= 4 is 28.6 Å². The number of rotatable bonds is 6. The monoisotopic (exact) mass is 442 g/mol. The first kappa shape index (κ1) is 23.4. The largest absolute Gasteiger partial charge is 0.496 e. The molecule has 2 aromatic carbocycles. The Morgan fingerprint density at radius 1 is 1.18 bits per heavy atom. The predicted octanol–water partition coefficient (Wildman–Crippen LogP) is 5.18. The van der Waals surface area contributed by atoms with Crippen molar-refractivity contribution < 1.29 is 14.3 Å². The van der Waals surface area contributed by atoms with Crippen molar-refractivity contribution in [3.63, 3.8) is 0 Å². The summed E-state index contributed by atoms with van der Waals surface area (Å²) in [4.78, 5) is 15.1. The van der Waals surface area contributed by atoms with Gasteiger partial charge in [0.1, 0.15) is 11.4 Å². The zero-order valence-electron chi connectivity index (χ0n) is 19.2. The Morgan fingerprint density at radius 2 is 1.97 bits per heavy atom. The second-order valence-corrected chi connectivity index (χ2v) is 8.50. The van der Waals surface area contributed by atoms with Gasteiger partial charge in [-0.25, -0.2) is 4.79 Å². The Hall–Kier alpha value is -4.23. The molecule has 0 bridgehead atoms. The Labute approximate surface area is 193 Å². The number of H-pyrrole nitrogens is 1. The molecule has 3 rings (SSSR count). The van der Waals surface area contributed by atoms with Crippen molar-refractivity contribution in [2.45, 2.75) is 32.8 Å². The molecule has 0 saturated heterocycles. The first-order valence-corrected chi connectivity index (χ1v) is 10.5. The minimum absolute atomic E-state index is 0.430. The van der Waals surface area contributed by atoms with Gasteiger partial charge in [-0.1, -0.05) is 6.07 Å². The fourth-order valence-corrected chi connectivity index (χ4v) is 3.41. The van der Waals surface area contributed by atoms with E-state index in [1.54, 1.807) is 37.6 Å². The fraction of sp³-hybridized carbons (Fsp3) is 0.269. The van der Waals surface area contributed by atoms with Gasteiger partial charge in [-0.15, -0.1) is 0 Å². The van der Waals surface area contributed by atoms with Gasteiger partial charge in [-0.3, -0.25) is 0 Å². The lowest BCUT2D eigenvalue weighted by atomic mass is 10.00. The summed E-state index contributed by atoms with van der Waals surface area (Å²) in [6.45, 7) is 5.89. The third kappa shape index (κ3) is 5.93. The molecule has 1 amide bonds. The van der Waals surface area contributed by atoms with E-state index in [9.17, 15) is 15.3 Å². The second-order valence-electron chi connectivity index (χ2n) is 8.50. The van der Waals surface area contributed by atoms with Crippen LogP contribution in [0.15, 0.2) is 42.6 Å². The Bertz CT molecular complexity index is 1280. The maximum Gasteiger partial charge on any atom is 0.407 e. The number of nitriles is 2. The minimum Gasteiger partial charge on any atom is -0.496 e. The molecular formula is C26H26N4O3. The van der Waals surface area contributed by atoms with Crippen LogP contribution < -0.4 is 10.1 Å². The number of aromatic amines is 1. The maximum atomic E-state index is 11.9. The number of allylic oxidation sites excluding steroid dienone is 1. The van der Waals surface area contributed by atoms with E-state index in [0.717, 1.165) is 22.0 Å². The van der Waals surface area contributed by atoms with Gasteiger partial charge < -0.3 is 19.8 Å². The number of carbonyl (C=O) groups excluding carboxylic acids is 1. The number of ether oxygens (including phenoxy) is 2. The lowest BCUT2D eigenvalue weighted by Gasteiger charge is -2.19. The summed E-state index contributed by atoms with van der Waals surface area (Å²) in [7, 11) is 1.55. The molecule has 0 aliphatic rings. The number of hydrogen-bond acceptors (Lipinski definition) is 5. The Kier molecular flexibility index (Phi) is 7.05. The zero-order valence-corrected chi connectivity index (χ0v) is 19.2. The van der Waals surface area contributed by atoms with Crippen molar-refractivity contribution in [3.05, 3.63) is 64.8 Å². The van der Waals surface area contributed by atoms with E-state index in [4.69, 9.17) is 9.47 Å². The van der Waals surface area contributed by atoms with E-state index in [-0.39, 0.29) is 0 Å². The molecule has 0 atom stereocenters. The van der Waals surface area contributed by atoms with E-state index < -0.39 is 11.7 Å². The van der Waals surface area contributed by atoms with Crippen molar-refractivity contribution in [1.82, 2.24) is 10.3 Å². The summed E-state index contributed by atoms with van der Waals surface area (Å²) in [6.07, 6.45) is 3.68. The maximum absolute atomic E-state index is 11.9. The molecular weight excluding hydrogens is 416 g/mol. The quantitative estimate of drug-likeness (QED) is 0.511. The highest BCUT2D eigenvalue weighted by Crippen LogP contribution is 2.30. The number of hydrogen-bond donors (Lipinski definition) is 2. The number of aromatic nitrogens is 1. The highest BCUT2D eigenvalue weighted by atomic mass is 16.6. The third-order valence-corrected chi connectivity index (χ3v) is 4.90. The van der Waals surface area contributed by atoms with Crippen LogP contribution in [0.4, 0.5) is 4.79 Å². The summed E-state index contributed by atoms with van der Waals surface area (Å²) >= 11 is 0. The lowest BCUT2D eigenvalue weighted by molar-refractivity contribution is 0.0528. The number of amides is 1. The highest BCUT2D eigenvalue weighted by molar-refractivity contribution is 6.01. The molecule has 2 N–H and O–H groups in total. The molecule has 0 fully saturated rings. The summed E-state index contributed by atoms with van der Waals surface area (Å²) in [5.41, 5.74) is 3.70. The average Bonchev–Trinajstić information content (AvgIpc) is 3.19. The van der Waals surface area contributed by atoms with Crippen LogP contribution in [-0.4, -0.2) is 30.3 Å². The third-order valence-electron chi connectivity index (χ3n) is 4.90. The number of fused-ring (bicyclic) bond motifs is 1. The van der Waals surface area contributed by atoms with Gasteiger partial charge in [0, 0.05) is 34.8 Å². The molecule has 33 heavy (non-hydrogen) atoms. The summed E-state index contributed by atoms with van der Waals surface area (Å²) in [5.74, 6) is 0.579. The van der Waals surface area contributed by atoms with Gasteiger partial charge in [-0.2, -0.15) is 10.5 Å². The normalized spacial score (nSPS) is 11.5. The summed E-state index contributed by atoms with van der Waals surface area (Å²) in [6, 6.07) is 15.4. The summed E-state index contributed by atoms with van der Waals surface area (Å²) in [5, 5.41) is 22.7. The van der Waals surface area contributed by atoms with Gasteiger partial charge in [0.25, 0.3) is 0 Å². The second kappa shape index (κ2) is 9.93. The van der Waals surface area contributed by atoms with Crippen LogP contribution in [0.25, 0.3) is 22.6 Å². The van der Waals surface area contributed by atoms with Crippen LogP contribution in [-0.2, 0) is 11.2 Å². The SMILES string of the molecule is COc1ccc(C#N)cc1/C=C(\C#N)c1c[nH]c2ccc(CCNC(=O)OC(C)(C)C)cc12. The number of methoxy groups -OCH3 is 1. The Morgan fingerprint density at radius 3 is 2.64 bits per heavy atom. The Balaban J connectivity index is 1.87. The van der Waals surface area contributed by atoms with E-state index in [2.05, 4.69) is 22.4 Å². The molecule has 168 valence electrons. The minimum atomic E-state index is -0.543. The van der Waals surface area contributed by atoms with Crippen LogP contribution in [0.5, 0.6) is 5.75 Å². The number of carbonyl (C=O) groups is 1. The van der Waals surface area contributed by atoms with E-state index in [1.165, 1.54) is 0 Å². The van der Waals surface area contributed by atoms with Crippen LogP contribution in [0.1, 0.15) is 43.0 Å². The smallest absolute Gasteiger partial charge is 0.407 e. The number of nitrogens with zero attached hydrogens (tertiary/aromatic N) is 2. The van der Waals surface area contributed by atoms with Crippen molar-refractivity contribution in [1.29, 1.82) is 10.5 Å². The first-order chi connectivity index (χ1) is 15.7. The molecule has 0 unspecified atom stereocenters. The molecule has 1 heterocycles. The van der Waals surface area contributed by atoms with E-state index >= 15 is 0 Å². The topological polar surface area (TPSA) is 111 Å². The first-order valence-electron chi connectivity index (χ1n) is 10.5. The van der Waals surface area contributed by atoms with Gasteiger partial charge in [0.2, 0.25) is 0 Å². The van der Waals surface area contributed by atoms with Crippen LogP contribution in [0, 0.1) is 22.7 Å². The van der Waals surface area contributed by atoms with Crippen LogP contribution >= 0.6 is 0 Å². The molecule has 0 spiro atoms. The predicted molar refractivity (Wildman–Crippen MR) is 127 cm³/mol. The molecule has 3 aromatic rings. The molecule has 1 aromatic heterocycles. The molecule has 0 aliphatic carbocycles. The standard InChI is InChI=1S/C26H26N4O3/c1-26(2,3)33-25(31)29-10-9-17-5-7-23-21(12-17)22(16-30-23)20(15-28)13-19-11-18(14-27)6-8-24(19)32-4/h5-8,11-13,16,30H,9-10H2,1-4H3,(H,29,31)/b20-13+. The number of nitrogens with one attached hydrogen (secondary N) is 2. The zero-order chi connectivity index (χ0) is 24.0. The highest BCUT2D eigenvalue weighted by Gasteiger charge is 2.16. The molecule has 0 radical (unpaired) electrons. The number of alkyl carbamates (subject to hydrolysis) is 1. The van der Waals surface area contributed by atoms with Crippen molar-refractivity contribution in [3.8, 4) is 17.9 Å². The summed E-state index contributed by atoms with van der Waals surface area (Å²) < 4.78 is 10.7. The van der Waals surface area contributed by atoms with Gasteiger partial charge in [0.15, 0.2) is 0 Å². The van der Waals surface area contributed by atoms with Crippen LogP contribution in [0.2, 0.25) is 0 Å². The van der Waals surface area contributed by atoms with E-state index in [1.807, 2.05) is 39.0 Å². The van der Waals surface area contributed by atoms with Crippen LogP contribution in [0.3, 0.4) is 0 Å². The van der Waals surface area contributed by atoms with Crippen molar-refractivity contribution in [2.24, 2.45) is 0 Å². The molecule has 7 heteroatoms.